The average Bonchev–Trinajstić information content (AvgIpc) is 3.49. The Bertz CT molecular complexity index is 1290. The topological polar surface area (TPSA) is 86.3 Å². The first-order valence-electron chi connectivity index (χ1n) is 12.7. The lowest BCUT2D eigenvalue weighted by Gasteiger charge is -2.27. The highest BCUT2D eigenvalue weighted by Crippen LogP contribution is 2.38. The zero-order chi connectivity index (χ0) is 26.9. The molecule has 0 radical (unpaired) electrons. The van der Waals surface area contributed by atoms with Gasteiger partial charge in [-0.1, -0.05) is 11.3 Å². The summed E-state index contributed by atoms with van der Waals surface area (Å²) in [5.41, 5.74) is 0.764. The molecule has 3 aromatic rings. The lowest BCUT2D eigenvalue weighted by molar-refractivity contribution is -0.137. The Morgan fingerprint density at radius 1 is 1.16 bits per heavy atom. The van der Waals surface area contributed by atoms with Gasteiger partial charge in [0.05, 0.1) is 23.7 Å². The second kappa shape index (κ2) is 11.0. The number of alkyl halides is 3. The van der Waals surface area contributed by atoms with E-state index in [1.165, 1.54) is 17.5 Å². The largest absolute Gasteiger partial charge is 0.416 e. The molecule has 1 atom stereocenters. The number of anilines is 2. The molecule has 5 rings (SSSR count). The second-order valence-electron chi connectivity index (χ2n) is 9.79. The monoisotopic (exact) mass is 545 g/mol. The Kier molecular flexibility index (Phi) is 7.64. The fourth-order valence-corrected chi connectivity index (χ4v) is 5.89. The molecule has 1 amide bonds. The number of thiazole rings is 1. The minimum Gasteiger partial charge on any atom is -0.353 e. The van der Waals surface area contributed by atoms with Gasteiger partial charge in [-0.2, -0.15) is 13.2 Å². The van der Waals surface area contributed by atoms with E-state index in [1.54, 1.807) is 19.2 Å². The molecule has 202 valence electrons. The molecule has 2 aromatic heterocycles. The number of nitrogens with zero attached hydrogens (tertiary/aromatic N) is 5. The van der Waals surface area contributed by atoms with Gasteiger partial charge in [0.25, 0.3) is 5.91 Å². The Morgan fingerprint density at radius 2 is 1.95 bits per heavy atom. The molecule has 2 aliphatic rings. The summed E-state index contributed by atoms with van der Waals surface area (Å²) in [6.07, 6.45) is 0.698. The summed E-state index contributed by atoms with van der Waals surface area (Å²) in [7, 11) is 0. The van der Waals surface area contributed by atoms with E-state index in [4.69, 9.17) is 0 Å². The van der Waals surface area contributed by atoms with Crippen molar-refractivity contribution in [2.45, 2.75) is 45.5 Å². The van der Waals surface area contributed by atoms with Gasteiger partial charge in [0.1, 0.15) is 11.5 Å². The van der Waals surface area contributed by atoms with Gasteiger partial charge in [-0.15, -0.1) is 0 Å². The highest BCUT2D eigenvalue weighted by atomic mass is 32.1. The first-order valence-corrected chi connectivity index (χ1v) is 13.5. The van der Waals surface area contributed by atoms with Crippen LogP contribution in [-0.2, 0) is 12.7 Å². The van der Waals surface area contributed by atoms with Crippen LogP contribution in [0.1, 0.15) is 46.3 Å². The van der Waals surface area contributed by atoms with Crippen molar-refractivity contribution < 1.29 is 18.0 Å². The van der Waals surface area contributed by atoms with Crippen LogP contribution in [0.3, 0.4) is 0 Å². The molecule has 1 aromatic carbocycles. The van der Waals surface area contributed by atoms with Crippen molar-refractivity contribution in [3.8, 4) is 11.3 Å². The van der Waals surface area contributed by atoms with Gasteiger partial charge in [0.15, 0.2) is 5.13 Å². The van der Waals surface area contributed by atoms with Crippen molar-refractivity contribution in [1.82, 2.24) is 25.2 Å². The van der Waals surface area contributed by atoms with Crippen LogP contribution in [0.25, 0.3) is 11.3 Å². The highest BCUT2D eigenvalue weighted by Gasteiger charge is 2.32. The number of halogens is 3. The van der Waals surface area contributed by atoms with Crippen LogP contribution in [0.15, 0.2) is 30.6 Å². The SMILES string of the molecule is Cc1cc(-c2nc(NC(=O)c3cnc(N4CCNCC4)cn3)sc2CN2CCCC2C)cc(C(F)(F)F)c1. The predicted molar refractivity (Wildman–Crippen MR) is 141 cm³/mol. The number of carbonyl (C=O) groups excluding carboxylic acids is 1. The molecule has 2 aliphatic heterocycles. The van der Waals surface area contributed by atoms with Crippen molar-refractivity contribution in [2.75, 3.05) is 42.9 Å². The van der Waals surface area contributed by atoms with Gasteiger partial charge < -0.3 is 10.2 Å². The predicted octanol–water partition coefficient (Wildman–Crippen LogP) is 4.57. The lowest BCUT2D eigenvalue weighted by Crippen LogP contribution is -2.44. The number of aryl methyl sites for hydroxylation is 1. The Hall–Kier alpha value is -3.09. The van der Waals surface area contributed by atoms with Crippen molar-refractivity contribution in [3.05, 3.63) is 52.3 Å². The maximum atomic E-state index is 13.6. The normalized spacial score (nSPS) is 18.7. The molecule has 0 aliphatic carbocycles. The summed E-state index contributed by atoms with van der Waals surface area (Å²) in [6, 6.07) is 4.33. The summed E-state index contributed by atoms with van der Waals surface area (Å²) in [4.78, 5) is 31.5. The van der Waals surface area contributed by atoms with Crippen LogP contribution in [-0.4, -0.2) is 64.5 Å². The lowest BCUT2D eigenvalue weighted by atomic mass is 10.0. The molecule has 2 saturated heterocycles. The molecule has 4 heterocycles. The fourth-order valence-electron chi connectivity index (χ4n) is 4.89. The van der Waals surface area contributed by atoms with E-state index >= 15 is 0 Å². The number of benzene rings is 1. The van der Waals surface area contributed by atoms with E-state index in [-0.39, 0.29) is 5.69 Å². The summed E-state index contributed by atoms with van der Waals surface area (Å²) in [5, 5.41) is 6.38. The number of aromatic nitrogens is 3. The maximum absolute atomic E-state index is 13.6. The number of hydrogen-bond acceptors (Lipinski definition) is 8. The van der Waals surface area contributed by atoms with Crippen LogP contribution < -0.4 is 15.5 Å². The third-order valence-electron chi connectivity index (χ3n) is 6.95. The summed E-state index contributed by atoms with van der Waals surface area (Å²) in [6.45, 7) is 8.60. The van der Waals surface area contributed by atoms with Crippen molar-refractivity contribution in [2.24, 2.45) is 0 Å². The molecule has 38 heavy (non-hydrogen) atoms. The number of carbonyl (C=O) groups is 1. The average molecular weight is 546 g/mol. The summed E-state index contributed by atoms with van der Waals surface area (Å²) in [5.74, 6) is 0.243. The Morgan fingerprint density at radius 3 is 2.61 bits per heavy atom. The van der Waals surface area contributed by atoms with Crippen LogP contribution >= 0.6 is 11.3 Å². The number of amides is 1. The van der Waals surface area contributed by atoms with Gasteiger partial charge in [-0.3, -0.25) is 15.0 Å². The number of likely N-dealkylation sites (tertiary alicyclic amines) is 1. The number of hydrogen-bond donors (Lipinski definition) is 2. The minimum atomic E-state index is -4.47. The van der Waals surface area contributed by atoms with Crippen LogP contribution in [0.2, 0.25) is 0 Å². The highest BCUT2D eigenvalue weighted by molar-refractivity contribution is 7.16. The van der Waals surface area contributed by atoms with Crippen molar-refractivity contribution in [1.29, 1.82) is 0 Å². The minimum absolute atomic E-state index is 0.144. The number of piperazine rings is 1. The van der Waals surface area contributed by atoms with Crippen molar-refractivity contribution >= 4 is 28.2 Å². The van der Waals surface area contributed by atoms with E-state index in [1.807, 2.05) is 0 Å². The molecule has 8 nitrogen and oxygen atoms in total. The summed E-state index contributed by atoms with van der Waals surface area (Å²) < 4.78 is 40.7. The second-order valence-corrected chi connectivity index (χ2v) is 10.9. The standard InChI is InChI=1S/C26H30F3N7OS/c1-16-10-18(12-19(11-16)26(27,28)29)23-21(15-36-7-3-4-17(36)2)38-25(33-23)34-24(37)20-13-32-22(14-31-20)35-8-5-30-6-9-35/h10-14,17,30H,3-9,15H2,1-2H3,(H,33,34,37). The van der Waals surface area contributed by atoms with Gasteiger partial charge in [0, 0.05) is 49.2 Å². The number of rotatable bonds is 6. The molecule has 1 unspecified atom stereocenters. The first-order chi connectivity index (χ1) is 18.2. The van der Waals surface area contributed by atoms with Gasteiger partial charge >= 0.3 is 6.18 Å². The van der Waals surface area contributed by atoms with E-state index in [0.29, 0.717) is 40.4 Å². The van der Waals surface area contributed by atoms with E-state index in [2.05, 4.69) is 42.3 Å². The molecule has 12 heteroatoms. The molecular weight excluding hydrogens is 515 g/mol. The van der Waals surface area contributed by atoms with Crippen LogP contribution in [0.5, 0.6) is 0 Å². The first kappa shape index (κ1) is 26.5. The van der Waals surface area contributed by atoms with Gasteiger partial charge in [-0.25, -0.2) is 15.0 Å². The Labute approximate surface area is 223 Å². The van der Waals surface area contributed by atoms with Gasteiger partial charge in [-0.05, 0) is 57.0 Å². The zero-order valence-electron chi connectivity index (χ0n) is 21.3. The number of nitrogens with one attached hydrogen (secondary N) is 2. The molecule has 0 saturated carbocycles. The van der Waals surface area contributed by atoms with Crippen LogP contribution in [0, 0.1) is 6.92 Å². The molecule has 2 fully saturated rings. The van der Waals surface area contributed by atoms with E-state index in [9.17, 15) is 18.0 Å². The van der Waals surface area contributed by atoms with Gasteiger partial charge in [0.2, 0.25) is 0 Å². The van der Waals surface area contributed by atoms with E-state index in [0.717, 1.165) is 62.6 Å². The fraction of sp³-hybridized carbons (Fsp3) is 0.462. The third-order valence-corrected chi connectivity index (χ3v) is 7.90. The third kappa shape index (κ3) is 5.97. The zero-order valence-corrected chi connectivity index (χ0v) is 22.1. The molecular formula is C26H30F3N7OS. The smallest absolute Gasteiger partial charge is 0.353 e. The quantitative estimate of drug-likeness (QED) is 0.469. The molecule has 0 spiro atoms. The van der Waals surface area contributed by atoms with Crippen LogP contribution in [0.4, 0.5) is 24.1 Å². The van der Waals surface area contributed by atoms with E-state index < -0.39 is 17.6 Å². The molecule has 0 bridgehead atoms. The molecule has 2 N–H and O–H groups in total. The van der Waals surface area contributed by atoms with Crippen molar-refractivity contribution in [3.63, 3.8) is 0 Å². The maximum Gasteiger partial charge on any atom is 0.416 e. The summed E-state index contributed by atoms with van der Waals surface area (Å²) >= 11 is 1.28. The Balaban J connectivity index is 1.41.